The van der Waals surface area contributed by atoms with Crippen LogP contribution in [0.2, 0.25) is 0 Å². The number of hydrogen-bond donors (Lipinski definition) is 1. The molecular weight excluding hydrogens is 366 g/mol. The molecule has 0 amide bonds. The molecule has 146 valence electrons. The number of nitrogens with zero attached hydrogens (tertiary/aromatic N) is 1. The summed E-state index contributed by atoms with van der Waals surface area (Å²) >= 11 is 0. The maximum atomic E-state index is 13.3. The zero-order valence-corrected chi connectivity index (χ0v) is 16.5. The lowest BCUT2D eigenvalue weighted by Gasteiger charge is -2.33. The largest absolute Gasteiger partial charge is 0.478 e. The first-order valence-electron chi connectivity index (χ1n) is 8.73. The molecule has 27 heavy (non-hydrogen) atoms. The second kappa shape index (κ2) is 9.12. The van der Waals surface area contributed by atoms with Crippen LogP contribution in [0.25, 0.3) is 0 Å². The van der Waals surface area contributed by atoms with Gasteiger partial charge in [-0.25, -0.2) is 13.2 Å². The second-order valence-corrected chi connectivity index (χ2v) is 8.17. The third-order valence-electron chi connectivity index (χ3n) is 4.59. The first-order chi connectivity index (χ1) is 12.8. The van der Waals surface area contributed by atoms with Gasteiger partial charge < -0.3 is 9.84 Å². The SMILES string of the molecule is CCC(C(C)OC)N(Cc1ccc(C(=O)O)cc1)S(=O)(=O)c1ccccc1. The first kappa shape index (κ1) is 21.1. The Morgan fingerprint density at radius 2 is 1.70 bits per heavy atom. The fourth-order valence-electron chi connectivity index (χ4n) is 2.97. The van der Waals surface area contributed by atoms with E-state index in [4.69, 9.17) is 9.84 Å². The fourth-order valence-corrected chi connectivity index (χ4v) is 4.74. The highest BCUT2D eigenvalue weighted by molar-refractivity contribution is 7.89. The van der Waals surface area contributed by atoms with Crippen molar-refractivity contribution in [3.05, 3.63) is 65.7 Å². The number of hydrogen-bond acceptors (Lipinski definition) is 4. The molecule has 2 aromatic carbocycles. The average molecular weight is 391 g/mol. The summed E-state index contributed by atoms with van der Waals surface area (Å²) in [5.74, 6) is -1.02. The molecule has 0 aliphatic rings. The molecule has 6 nitrogen and oxygen atoms in total. The maximum Gasteiger partial charge on any atom is 0.335 e. The molecule has 7 heteroatoms. The van der Waals surface area contributed by atoms with Crippen molar-refractivity contribution >= 4 is 16.0 Å². The predicted octanol–water partition coefficient (Wildman–Crippen LogP) is 3.39. The van der Waals surface area contributed by atoms with Crippen LogP contribution in [0.3, 0.4) is 0 Å². The second-order valence-electron chi connectivity index (χ2n) is 6.28. The van der Waals surface area contributed by atoms with Crippen molar-refractivity contribution in [3.8, 4) is 0 Å². The van der Waals surface area contributed by atoms with Crippen molar-refractivity contribution in [1.82, 2.24) is 4.31 Å². The van der Waals surface area contributed by atoms with Crippen LogP contribution in [0.4, 0.5) is 0 Å². The lowest BCUT2D eigenvalue weighted by molar-refractivity contribution is 0.0520. The molecule has 2 unspecified atom stereocenters. The molecule has 0 saturated carbocycles. The van der Waals surface area contributed by atoms with Crippen LogP contribution >= 0.6 is 0 Å². The minimum atomic E-state index is -3.76. The zero-order valence-electron chi connectivity index (χ0n) is 15.7. The van der Waals surface area contributed by atoms with E-state index >= 15 is 0 Å². The van der Waals surface area contributed by atoms with E-state index in [2.05, 4.69) is 0 Å². The van der Waals surface area contributed by atoms with Crippen LogP contribution in [0, 0.1) is 0 Å². The fraction of sp³-hybridized carbons (Fsp3) is 0.350. The Hall–Kier alpha value is -2.22. The summed E-state index contributed by atoms with van der Waals surface area (Å²) in [4.78, 5) is 11.3. The molecule has 0 heterocycles. The van der Waals surface area contributed by atoms with E-state index in [1.165, 1.54) is 16.4 Å². The van der Waals surface area contributed by atoms with Gasteiger partial charge in [-0.15, -0.1) is 0 Å². The van der Waals surface area contributed by atoms with Gasteiger partial charge in [-0.3, -0.25) is 0 Å². The molecule has 2 aromatic rings. The monoisotopic (exact) mass is 391 g/mol. The Morgan fingerprint density at radius 1 is 1.11 bits per heavy atom. The molecule has 0 radical (unpaired) electrons. The van der Waals surface area contributed by atoms with Crippen molar-refractivity contribution in [2.45, 2.75) is 43.9 Å². The van der Waals surface area contributed by atoms with Gasteiger partial charge in [0.15, 0.2) is 0 Å². The molecule has 0 aromatic heterocycles. The van der Waals surface area contributed by atoms with Crippen LogP contribution in [0.5, 0.6) is 0 Å². The van der Waals surface area contributed by atoms with Crippen LogP contribution in [0.1, 0.15) is 36.2 Å². The van der Waals surface area contributed by atoms with Crippen LogP contribution in [0.15, 0.2) is 59.5 Å². The standard InChI is InChI=1S/C20H25NO5S/c1-4-19(15(2)26-3)21(27(24,25)18-8-6-5-7-9-18)14-16-10-12-17(13-11-16)20(22)23/h5-13,15,19H,4,14H2,1-3H3,(H,22,23). The third-order valence-corrected chi connectivity index (χ3v) is 6.48. The van der Waals surface area contributed by atoms with E-state index in [1.807, 2.05) is 13.8 Å². The van der Waals surface area contributed by atoms with E-state index in [9.17, 15) is 13.2 Å². The van der Waals surface area contributed by atoms with Crippen LogP contribution in [-0.4, -0.2) is 43.1 Å². The lowest BCUT2D eigenvalue weighted by atomic mass is 10.1. The van der Waals surface area contributed by atoms with Crippen molar-refractivity contribution < 1.29 is 23.1 Å². The molecule has 0 spiro atoms. The summed E-state index contributed by atoms with van der Waals surface area (Å²) in [5.41, 5.74) is 0.870. The van der Waals surface area contributed by atoms with E-state index in [-0.39, 0.29) is 29.1 Å². The molecule has 0 fully saturated rings. The van der Waals surface area contributed by atoms with Gasteiger partial charge in [-0.05, 0) is 43.2 Å². The van der Waals surface area contributed by atoms with E-state index in [1.54, 1.807) is 49.6 Å². The van der Waals surface area contributed by atoms with Gasteiger partial charge in [-0.1, -0.05) is 37.3 Å². The number of methoxy groups -OCH3 is 1. The first-order valence-corrected chi connectivity index (χ1v) is 10.2. The average Bonchev–Trinajstić information content (AvgIpc) is 2.68. The maximum absolute atomic E-state index is 13.3. The number of carboxylic acids is 1. The molecule has 0 aliphatic carbocycles. The summed E-state index contributed by atoms with van der Waals surface area (Å²) in [7, 11) is -2.20. The molecule has 1 N–H and O–H groups in total. The normalized spacial score (nSPS) is 14.1. The predicted molar refractivity (Wildman–Crippen MR) is 103 cm³/mol. The van der Waals surface area contributed by atoms with Gasteiger partial charge in [0.25, 0.3) is 0 Å². The molecule has 2 rings (SSSR count). The van der Waals surface area contributed by atoms with E-state index in [0.717, 1.165) is 0 Å². The number of carboxylic acid groups (broad SMARTS) is 1. The topological polar surface area (TPSA) is 83.9 Å². The number of ether oxygens (including phenoxy) is 1. The number of rotatable bonds is 9. The minimum Gasteiger partial charge on any atom is -0.478 e. The molecule has 0 bridgehead atoms. The van der Waals surface area contributed by atoms with Gasteiger partial charge in [0.05, 0.1) is 22.6 Å². The summed E-state index contributed by atoms with van der Waals surface area (Å²) in [6.07, 6.45) is 0.278. The highest BCUT2D eigenvalue weighted by Gasteiger charge is 2.33. The molecule has 2 atom stereocenters. The van der Waals surface area contributed by atoms with Crippen LogP contribution < -0.4 is 0 Å². The Morgan fingerprint density at radius 3 is 2.19 bits per heavy atom. The van der Waals surface area contributed by atoms with Crippen molar-refractivity contribution in [3.63, 3.8) is 0 Å². The number of aromatic carboxylic acids is 1. The van der Waals surface area contributed by atoms with Crippen LogP contribution in [-0.2, 0) is 21.3 Å². The van der Waals surface area contributed by atoms with Gasteiger partial charge in [0, 0.05) is 13.7 Å². The highest BCUT2D eigenvalue weighted by atomic mass is 32.2. The van der Waals surface area contributed by atoms with Crippen molar-refractivity contribution in [2.75, 3.05) is 7.11 Å². The van der Waals surface area contributed by atoms with E-state index in [0.29, 0.717) is 12.0 Å². The number of benzene rings is 2. The quantitative estimate of drug-likeness (QED) is 0.708. The summed E-state index contributed by atoms with van der Waals surface area (Å²) in [5, 5.41) is 9.04. The summed E-state index contributed by atoms with van der Waals surface area (Å²) < 4.78 is 33.5. The van der Waals surface area contributed by atoms with Crippen molar-refractivity contribution in [1.29, 1.82) is 0 Å². The smallest absolute Gasteiger partial charge is 0.335 e. The Balaban J connectivity index is 2.45. The Bertz CT molecular complexity index is 850. The van der Waals surface area contributed by atoms with Gasteiger partial charge in [0.2, 0.25) is 10.0 Å². The van der Waals surface area contributed by atoms with E-state index < -0.39 is 16.0 Å². The molecule has 0 aliphatic heterocycles. The summed E-state index contributed by atoms with van der Waals surface area (Å²) in [6, 6.07) is 14.2. The van der Waals surface area contributed by atoms with Gasteiger partial charge in [0.1, 0.15) is 0 Å². The number of sulfonamides is 1. The minimum absolute atomic E-state index is 0.128. The lowest BCUT2D eigenvalue weighted by Crippen LogP contribution is -2.45. The number of carbonyl (C=O) groups is 1. The highest BCUT2D eigenvalue weighted by Crippen LogP contribution is 2.25. The third kappa shape index (κ3) is 4.94. The van der Waals surface area contributed by atoms with Gasteiger partial charge in [-0.2, -0.15) is 4.31 Å². The summed E-state index contributed by atoms with van der Waals surface area (Å²) in [6.45, 7) is 3.89. The Kier molecular flexibility index (Phi) is 7.12. The Labute approximate surface area is 160 Å². The van der Waals surface area contributed by atoms with Crippen molar-refractivity contribution in [2.24, 2.45) is 0 Å². The zero-order chi connectivity index (χ0) is 20.0. The molecule has 0 saturated heterocycles. The van der Waals surface area contributed by atoms with Gasteiger partial charge >= 0.3 is 5.97 Å². The molecular formula is C20H25NO5S.